The van der Waals surface area contributed by atoms with Gasteiger partial charge in [-0.25, -0.2) is 0 Å². The lowest BCUT2D eigenvalue weighted by molar-refractivity contribution is -0.118. The molecule has 0 aliphatic rings. The van der Waals surface area contributed by atoms with Crippen molar-refractivity contribution in [2.75, 3.05) is 11.4 Å². The molecular formula is C19H21Cl2N3O2. The maximum Gasteiger partial charge on any atom is 0.247 e. The number of anilines is 1. The van der Waals surface area contributed by atoms with Gasteiger partial charge in [0.25, 0.3) is 0 Å². The number of hydrogen-bond acceptors (Lipinski definition) is 3. The molecule has 0 atom stereocenters. The van der Waals surface area contributed by atoms with E-state index in [-0.39, 0.29) is 5.91 Å². The first-order valence-corrected chi connectivity index (χ1v) is 9.45. The van der Waals surface area contributed by atoms with Crippen LogP contribution in [0.1, 0.15) is 38.6 Å². The zero-order valence-electron chi connectivity index (χ0n) is 15.3. The van der Waals surface area contributed by atoms with Gasteiger partial charge in [-0.3, -0.25) is 4.79 Å². The van der Waals surface area contributed by atoms with Crippen molar-refractivity contribution in [3.63, 3.8) is 0 Å². The van der Waals surface area contributed by atoms with Gasteiger partial charge in [0.15, 0.2) is 0 Å². The Labute approximate surface area is 162 Å². The fourth-order valence-electron chi connectivity index (χ4n) is 3.17. The molecule has 0 aliphatic carbocycles. The number of hydrogen-bond donors (Lipinski definition) is 0. The molecule has 26 heavy (non-hydrogen) atoms. The number of carbonyl (C=O) groups is 1. The van der Waals surface area contributed by atoms with Gasteiger partial charge in [-0.05, 0) is 32.0 Å². The van der Waals surface area contributed by atoms with Gasteiger partial charge in [-0.2, -0.15) is 9.61 Å². The Hall–Kier alpha value is -1.98. The molecule has 2 aromatic heterocycles. The van der Waals surface area contributed by atoms with E-state index in [0.29, 0.717) is 40.8 Å². The summed E-state index contributed by atoms with van der Waals surface area (Å²) >= 11 is 12.5. The summed E-state index contributed by atoms with van der Waals surface area (Å²) in [5.74, 6) is 0.795. The molecular weight excluding hydrogens is 373 g/mol. The fraction of sp³-hybridized carbons (Fsp3) is 0.368. The van der Waals surface area contributed by atoms with E-state index in [1.54, 1.807) is 21.5 Å². The van der Waals surface area contributed by atoms with E-state index in [4.69, 9.17) is 27.6 Å². The number of benzene rings is 1. The van der Waals surface area contributed by atoms with Gasteiger partial charge in [0.2, 0.25) is 11.6 Å². The van der Waals surface area contributed by atoms with Crippen LogP contribution in [0, 0.1) is 6.92 Å². The molecule has 0 unspecified atom stereocenters. The summed E-state index contributed by atoms with van der Waals surface area (Å²) in [6.07, 6.45) is 1.09. The van der Waals surface area contributed by atoms with Crippen LogP contribution in [-0.4, -0.2) is 22.1 Å². The van der Waals surface area contributed by atoms with Crippen LogP contribution in [0.5, 0.6) is 0 Å². The molecule has 0 saturated heterocycles. The van der Waals surface area contributed by atoms with Crippen LogP contribution < -0.4 is 4.90 Å². The summed E-state index contributed by atoms with van der Waals surface area (Å²) in [6.45, 7) is 8.22. The second kappa shape index (κ2) is 7.33. The highest BCUT2D eigenvalue weighted by Gasteiger charge is 2.27. The molecule has 2 heterocycles. The van der Waals surface area contributed by atoms with Crippen LogP contribution >= 0.6 is 23.2 Å². The molecule has 0 saturated carbocycles. The van der Waals surface area contributed by atoms with Crippen molar-refractivity contribution in [2.24, 2.45) is 0 Å². The average Bonchev–Trinajstić information content (AvgIpc) is 3.11. The van der Waals surface area contributed by atoms with E-state index in [1.165, 1.54) is 0 Å². The Balaban J connectivity index is 2.29. The quantitative estimate of drug-likeness (QED) is 0.571. The van der Waals surface area contributed by atoms with Gasteiger partial charge in [0, 0.05) is 30.0 Å². The van der Waals surface area contributed by atoms with Gasteiger partial charge in [-0.1, -0.05) is 37.0 Å². The van der Waals surface area contributed by atoms with Crippen LogP contribution in [0.3, 0.4) is 0 Å². The van der Waals surface area contributed by atoms with Gasteiger partial charge >= 0.3 is 0 Å². The van der Waals surface area contributed by atoms with E-state index in [9.17, 15) is 4.79 Å². The van der Waals surface area contributed by atoms with Crippen molar-refractivity contribution in [1.82, 2.24) is 9.61 Å². The molecule has 0 spiro atoms. The minimum absolute atomic E-state index is 0.0334. The Kier molecular flexibility index (Phi) is 5.30. The van der Waals surface area contributed by atoms with Crippen molar-refractivity contribution in [2.45, 2.75) is 40.5 Å². The highest BCUT2D eigenvalue weighted by molar-refractivity contribution is 6.36. The van der Waals surface area contributed by atoms with Gasteiger partial charge in [0.05, 0.1) is 10.7 Å². The molecule has 3 rings (SSSR count). The first-order chi connectivity index (χ1) is 12.4. The van der Waals surface area contributed by atoms with Crippen molar-refractivity contribution < 1.29 is 9.21 Å². The monoisotopic (exact) mass is 393 g/mol. The molecule has 1 amide bonds. The number of nitrogens with zero attached hydrogens (tertiary/aromatic N) is 3. The third-order valence-corrected chi connectivity index (χ3v) is 4.93. The van der Waals surface area contributed by atoms with Gasteiger partial charge < -0.3 is 9.32 Å². The molecule has 0 radical (unpaired) electrons. The molecule has 3 aromatic rings. The Morgan fingerprint density at radius 1 is 1.27 bits per heavy atom. The van der Waals surface area contributed by atoms with Crippen molar-refractivity contribution in [3.05, 3.63) is 39.7 Å². The lowest BCUT2D eigenvalue weighted by atomic mass is 10.1. The summed E-state index contributed by atoms with van der Waals surface area (Å²) in [7, 11) is 0. The Morgan fingerprint density at radius 2 is 2.00 bits per heavy atom. The van der Waals surface area contributed by atoms with Gasteiger partial charge in [-0.15, -0.1) is 0 Å². The van der Waals surface area contributed by atoms with E-state index in [1.807, 2.05) is 33.8 Å². The maximum absolute atomic E-state index is 12.4. The minimum Gasteiger partial charge on any atom is -0.439 e. The van der Waals surface area contributed by atoms with E-state index >= 15 is 0 Å². The standard InChI is InChI=1S/C19H21Cl2N3O2/c1-5-15-18(13-9-8-12(20)10-14(13)21)24-19(26-15)17(11(4)22-24)23(7-3)16(25)6-2/h8-10H,5-7H2,1-4H3. The third-order valence-electron chi connectivity index (χ3n) is 4.38. The Bertz CT molecular complexity index is 975. The molecule has 1 aromatic carbocycles. The number of halogens is 2. The summed E-state index contributed by atoms with van der Waals surface area (Å²) in [5, 5.41) is 5.74. The molecule has 7 heteroatoms. The lowest BCUT2D eigenvalue weighted by Gasteiger charge is -2.18. The van der Waals surface area contributed by atoms with Crippen LogP contribution in [0.4, 0.5) is 5.69 Å². The van der Waals surface area contributed by atoms with Crippen LogP contribution in [-0.2, 0) is 11.2 Å². The number of oxazole rings is 1. The first kappa shape index (κ1) is 18.8. The number of amides is 1. The molecule has 138 valence electrons. The topological polar surface area (TPSA) is 50.8 Å². The van der Waals surface area contributed by atoms with Crippen molar-refractivity contribution >= 4 is 40.5 Å². The van der Waals surface area contributed by atoms with E-state index in [2.05, 4.69) is 5.10 Å². The number of fused-ring (bicyclic) bond motifs is 1. The number of rotatable bonds is 5. The van der Waals surface area contributed by atoms with Crippen LogP contribution in [0.2, 0.25) is 10.0 Å². The highest BCUT2D eigenvalue weighted by atomic mass is 35.5. The predicted octanol–water partition coefficient (Wildman–Crippen LogP) is 5.53. The minimum atomic E-state index is 0.0334. The second-order valence-electron chi connectivity index (χ2n) is 5.99. The molecule has 0 N–H and O–H groups in total. The van der Waals surface area contributed by atoms with Crippen LogP contribution in [0.15, 0.2) is 22.6 Å². The average molecular weight is 394 g/mol. The maximum atomic E-state index is 12.4. The third kappa shape index (κ3) is 2.99. The molecule has 0 aliphatic heterocycles. The predicted molar refractivity (Wildman–Crippen MR) is 105 cm³/mol. The number of aromatic nitrogens is 2. The van der Waals surface area contributed by atoms with Crippen molar-refractivity contribution in [1.29, 1.82) is 0 Å². The van der Waals surface area contributed by atoms with Crippen LogP contribution in [0.25, 0.3) is 17.0 Å². The summed E-state index contributed by atoms with van der Waals surface area (Å²) in [4.78, 5) is 14.1. The fourth-order valence-corrected chi connectivity index (χ4v) is 3.67. The summed E-state index contributed by atoms with van der Waals surface area (Å²) < 4.78 is 7.87. The lowest BCUT2D eigenvalue weighted by Crippen LogP contribution is -2.30. The van der Waals surface area contributed by atoms with Gasteiger partial charge in [0.1, 0.15) is 17.1 Å². The highest BCUT2D eigenvalue weighted by Crippen LogP contribution is 2.38. The van der Waals surface area contributed by atoms with E-state index in [0.717, 1.165) is 22.7 Å². The smallest absolute Gasteiger partial charge is 0.247 e. The summed E-state index contributed by atoms with van der Waals surface area (Å²) in [6, 6.07) is 5.35. The largest absolute Gasteiger partial charge is 0.439 e. The zero-order chi connectivity index (χ0) is 19.0. The number of carbonyl (C=O) groups excluding carboxylic acids is 1. The molecule has 0 bridgehead atoms. The summed E-state index contributed by atoms with van der Waals surface area (Å²) in [5.41, 5.74) is 3.60. The molecule has 5 nitrogen and oxygen atoms in total. The number of aryl methyl sites for hydroxylation is 2. The SMILES string of the molecule is CCC(=O)N(CC)c1c(C)nn2c(-c3ccc(Cl)cc3Cl)c(CC)oc12. The van der Waals surface area contributed by atoms with E-state index < -0.39 is 0 Å². The normalized spacial score (nSPS) is 11.3. The molecule has 0 fully saturated rings. The van der Waals surface area contributed by atoms with Crippen molar-refractivity contribution in [3.8, 4) is 11.3 Å². The Morgan fingerprint density at radius 3 is 2.58 bits per heavy atom. The second-order valence-corrected chi connectivity index (χ2v) is 6.84. The first-order valence-electron chi connectivity index (χ1n) is 8.69. The zero-order valence-corrected chi connectivity index (χ0v) is 16.8.